The molecular formula is C48H56N4O. The maximum absolute atomic E-state index is 6.88. The highest BCUT2D eigenvalue weighted by Gasteiger charge is 2.33. The van der Waals surface area contributed by atoms with Crippen LogP contribution in [0.2, 0.25) is 0 Å². The van der Waals surface area contributed by atoms with Crippen molar-refractivity contribution in [1.29, 1.82) is 0 Å². The molecule has 4 aromatic carbocycles. The molecule has 0 atom stereocenters. The summed E-state index contributed by atoms with van der Waals surface area (Å²) in [7, 11) is 0. The first-order valence-electron chi connectivity index (χ1n) is 19.0. The Kier molecular flexibility index (Phi) is 8.79. The molecule has 0 bridgehead atoms. The minimum Gasteiger partial charge on any atom is -0.457 e. The summed E-state index contributed by atoms with van der Waals surface area (Å²) in [6.45, 7) is 28.0. The number of pyridine rings is 1. The summed E-state index contributed by atoms with van der Waals surface area (Å²) in [5.74, 6) is 2.52. The molecule has 0 unspecified atom stereocenters. The van der Waals surface area contributed by atoms with Gasteiger partial charge in [-0.15, -0.1) is 0 Å². The molecule has 0 fully saturated rings. The molecule has 6 aromatic rings. The number of fused-ring (bicyclic) bond motifs is 3. The van der Waals surface area contributed by atoms with Crippen molar-refractivity contribution in [2.45, 2.75) is 99.3 Å². The van der Waals surface area contributed by atoms with Gasteiger partial charge in [0.15, 0.2) is 0 Å². The summed E-state index contributed by atoms with van der Waals surface area (Å²) in [5.41, 5.74) is 9.52. The minimum atomic E-state index is -0.0830. The van der Waals surface area contributed by atoms with E-state index in [4.69, 9.17) is 9.72 Å². The van der Waals surface area contributed by atoms with Crippen LogP contribution in [0.4, 0.5) is 11.4 Å². The third-order valence-corrected chi connectivity index (χ3v) is 10.5. The van der Waals surface area contributed by atoms with Gasteiger partial charge in [-0.3, -0.25) is 4.57 Å². The number of allylic oxidation sites excluding steroid dienone is 1. The van der Waals surface area contributed by atoms with E-state index in [2.05, 4.69) is 201 Å². The van der Waals surface area contributed by atoms with Crippen LogP contribution in [0.5, 0.6) is 11.5 Å². The van der Waals surface area contributed by atoms with Crippen molar-refractivity contribution in [2.75, 3.05) is 16.5 Å². The maximum Gasteiger partial charge on any atom is 0.137 e. The molecule has 53 heavy (non-hydrogen) atoms. The molecule has 7 rings (SSSR count). The average Bonchev–Trinajstić information content (AvgIpc) is 3.68. The van der Waals surface area contributed by atoms with Crippen molar-refractivity contribution in [1.82, 2.24) is 9.55 Å². The number of anilines is 2. The van der Waals surface area contributed by atoms with Gasteiger partial charge in [-0.25, -0.2) is 4.98 Å². The largest absolute Gasteiger partial charge is 0.457 e. The van der Waals surface area contributed by atoms with Crippen LogP contribution in [-0.2, 0) is 16.2 Å². The molecule has 5 heteroatoms. The number of benzene rings is 4. The lowest BCUT2D eigenvalue weighted by molar-refractivity contribution is 0.477. The number of aromatic nitrogens is 2. The van der Waals surface area contributed by atoms with Gasteiger partial charge < -0.3 is 14.5 Å². The smallest absolute Gasteiger partial charge is 0.137 e. The fourth-order valence-electron chi connectivity index (χ4n) is 7.25. The second-order valence-corrected chi connectivity index (χ2v) is 18.9. The summed E-state index contributed by atoms with van der Waals surface area (Å²) in [6.07, 6.45) is 4.26. The van der Waals surface area contributed by atoms with Crippen molar-refractivity contribution in [3.8, 4) is 17.3 Å². The molecular weight excluding hydrogens is 649 g/mol. The Balaban J connectivity index is 1.31. The van der Waals surface area contributed by atoms with Crippen LogP contribution in [-0.4, -0.2) is 16.2 Å². The Morgan fingerprint density at radius 1 is 0.528 bits per heavy atom. The van der Waals surface area contributed by atoms with Gasteiger partial charge in [-0.05, 0) is 87.5 Å². The van der Waals surface area contributed by atoms with E-state index < -0.39 is 0 Å². The van der Waals surface area contributed by atoms with Crippen LogP contribution in [0, 0.1) is 5.41 Å². The molecule has 0 amide bonds. The first-order valence-corrected chi connectivity index (χ1v) is 19.0. The molecule has 0 N–H and O–H groups in total. The van der Waals surface area contributed by atoms with Gasteiger partial charge in [-0.1, -0.05) is 113 Å². The van der Waals surface area contributed by atoms with Crippen LogP contribution in [0.15, 0.2) is 115 Å². The topological polar surface area (TPSA) is 33.5 Å². The quantitative estimate of drug-likeness (QED) is 0.179. The monoisotopic (exact) mass is 704 g/mol. The summed E-state index contributed by atoms with van der Waals surface area (Å²) in [6, 6.07) is 35.1. The first-order chi connectivity index (χ1) is 24.8. The van der Waals surface area contributed by atoms with Crippen LogP contribution in [0.3, 0.4) is 0 Å². The summed E-state index contributed by atoms with van der Waals surface area (Å²) in [5, 5.41) is 2.37. The SMILES string of the molecule is CC(C)(C)C1=CN(c2cccc(C(C)(C)C)c2)CN1c1cc(Oc2ccc3c4ccccc4n(-c4cc(C(C)(C)C)ccn4)c3c2)cc(C(C)(C)C)c1. The van der Waals surface area contributed by atoms with Gasteiger partial charge in [-0.2, -0.15) is 0 Å². The Morgan fingerprint density at radius 3 is 1.89 bits per heavy atom. The van der Waals surface area contributed by atoms with E-state index in [1.165, 1.54) is 38.8 Å². The molecule has 3 heterocycles. The highest BCUT2D eigenvalue weighted by atomic mass is 16.5. The zero-order chi connectivity index (χ0) is 38.1. The zero-order valence-electron chi connectivity index (χ0n) is 33.8. The van der Waals surface area contributed by atoms with E-state index in [-0.39, 0.29) is 21.7 Å². The standard InChI is InChI=1S/C48H56N4O/c1-45(2,3)32-16-15-17-35(24-32)50-30-43(48(10,11)12)51(31-50)36-25-34(47(7,8)9)26-38(28-36)53-37-20-21-40-39-18-13-14-19-41(39)52(42(40)29-37)44-27-33(22-23-49-44)46(4,5)6/h13-30H,31H2,1-12H3. The second kappa shape index (κ2) is 12.8. The molecule has 5 nitrogen and oxygen atoms in total. The van der Waals surface area contributed by atoms with E-state index in [9.17, 15) is 0 Å². The number of hydrogen-bond donors (Lipinski definition) is 0. The molecule has 0 saturated heterocycles. The molecule has 1 aliphatic rings. The van der Waals surface area contributed by atoms with Gasteiger partial charge in [0.2, 0.25) is 0 Å². The summed E-state index contributed by atoms with van der Waals surface area (Å²) < 4.78 is 9.15. The Labute approximate surface area is 316 Å². The lowest BCUT2D eigenvalue weighted by Crippen LogP contribution is -2.31. The lowest BCUT2D eigenvalue weighted by Gasteiger charge is -2.32. The van der Waals surface area contributed by atoms with Crippen LogP contribution in [0.1, 0.15) is 99.8 Å². The van der Waals surface area contributed by atoms with Gasteiger partial charge in [0, 0.05) is 57.8 Å². The zero-order valence-corrected chi connectivity index (χ0v) is 33.8. The summed E-state index contributed by atoms with van der Waals surface area (Å²) >= 11 is 0. The number of para-hydroxylation sites is 1. The average molecular weight is 705 g/mol. The van der Waals surface area contributed by atoms with Crippen molar-refractivity contribution in [2.24, 2.45) is 5.41 Å². The number of rotatable bonds is 5. The van der Waals surface area contributed by atoms with Gasteiger partial charge in [0.1, 0.15) is 17.3 Å². The van der Waals surface area contributed by atoms with Crippen molar-refractivity contribution >= 4 is 33.2 Å². The second-order valence-electron chi connectivity index (χ2n) is 18.9. The maximum atomic E-state index is 6.88. The number of nitrogens with zero attached hydrogens (tertiary/aromatic N) is 4. The van der Waals surface area contributed by atoms with Crippen molar-refractivity contribution < 1.29 is 4.74 Å². The fraction of sp³-hybridized carbons (Fsp3) is 0.354. The Bertz CT molecular complexity index is 2350. The predicted molar refractivity (Wildman–Crippen MR) is 225 cm³/mol. The highest BCUT2D eigenvalue weighted by Crippen LogP contribution is 2.43. The highest BCUT2D eigenvalue weighted by molar-refractivity contribution is 6.09. The predicted octanol–water partition coefficient (Wildman–Crippen LogP) is 13.0. The van der Waals surface area contributed by atoms with E-state index in [0.29, 0.717) is 0 Å². The number of ether oxygens (including phenoxy) is 1. The van der Waals surface area contributed by atoms with Crippen molar-refractivity contribution in [3.05, 3.63) is 132 Å². The van der Waals surface area contributed by atoms with Gasteiger partial charge in [0.25, 0.3) is 0 Å². The lowest BCUT2D eigenvalue weighted by atomic mass is 9.86. The Morgan fingerprint density at radius 2 is 1.19 bits per heavy atom. The third kappa shape index (κ3) is 7.19. The molecule has 1 aliphatic heterocycles. The van der Waals surface area contributed by atoms with Crippen LogP contribution in [0.25, 0.3) is 27.6 Å². The van der Waals surface area contributed by atoms with E-state index >= 15 is 0 Å². The molecule has 2 aromatic heterocycles. The fourth-order valence-corrected chi connectivity index (χ4v) is 7.25. The third-order valence-electron chi connectivity index (χ3n) is 10.5. The Hall–Kier alpha value is -5.03. The molecule has 0 spiro atoms. The molecule has 0 radical (unpaired) electrons. The van der Waals surface area contributed by atoms with Crippen molar-refractivity contribution in [3.63, 3.8) is 0 Å². The van der Waals surface area contributed by atoms with Gasteiger partial charge >= 0.3 is 0 Å². The van der Waals surface area contributed by atoms with E-state index in [1.807, 2.05) is 6.20 Å². The van der Waals surface area contributed by atoms with E-state index in [1.54, 1.807) is 0 Å². The van der Waals surface area contributed by atoms with Crippen LogP contribution < -0.4 is 14.5 Å². The van der Waals surface area contributed by atoms with E-state index in [0.717, 1.165) is 40.7 Å². The molecule has 274 valence electrons. The summed E-state index contributed by atoms with van der Waals surface area (Å²) in [4.78, 5) is 9.73. The van der Waals surface area contributed by atoms with Gasteiger partial charge in [0.05, 0.1) is 17.7 Å². The first kappa shape index (κ1) is 36.3. The molecule has 0 saturated carbocycles. The normalized spacial score (nSPS) is 14.4. The molecule has 0 aliphatic carbocycles. The number of hydrogen-bond acceptors (Lipinski definition) is 4. The minimum absolute atomic E-state index is 0.00534. The van der Waals surface area contributed by atoms with Crippen LogP contribution >= 0.6 is 0 Å².